The molecule has 2 aromatic carbocycles. The minimum atomic E-state index is 0.319. The summed E-state index contributed by atoms with van der Waals surface area (Å²) in [5.74, 6) is 0.530. The number of methoxy groups -OCH3 is 1. The normalized spacial score (nSPS) is 12.4. The summed E-state index contributed by atoms with van der Waals surface area (Å²) in [4.78, 5) is 4.49. The number of rotatable bonds is 7. The van der Waals surface area contributed by atoms with Crippen molar-refractivity contribution >= 4 is 34.1 Å². The Morgan fingerprint density at radius 1 is 1.28 bits per heavy atom. The number of halogens is 1. The number of oxazole rings is 1. The highest BCUT2D eigenvalue weighted by Gasteiger charge is 2.12. The minimum absolute atomic E-state index is 0.319. The number of ether oxygens (including phenoxy) is 1. The average Bonchev–Trinajstić information content (AvgIpc) is 3.02. The van der Waals surface area contributed by atoms with Gasteiger partial charge in [-0.25, -0.2) is 4.98 Å². The molecule has 0 saturated heterocycles. The van der Waals surface area contributed by atoms with Crippen LogP contribution in [0.5, 0.6) is 0 Å². The number of aromatic nitrogens is 1. The molecule has 1 aromatic heterocycles. The van der Waals surface area contributed by atoms with Crippen LogP contribution in [0.15, 0.2) is 40.8 Å². The molecule has 0 radical (unpaired) electrons. The van der Waals surface area contributed by atoms with Crippen LogP contribution in [0.3, 0.4) is 0 Å². The third-order valence-corrected chi connectivity index (χ3v) is 4.41. The first-order valence-corrected chi connectivity index (χ1v) is 8.70. The maximum atomic E-state index is 6.22. The van der Waals surface area contributed by atoms with Gasteiger partial charge in [0.15, 0.2) is 5.58 Å². The molecule has 5 nitrogen and oxygen atoms in total. The summed E-state index contributed by atoms with van der Waals surface area (Å²) in [5.41, 5.74) is 10.1. The molecular weight excluding hydrogens is 338 g/mol. The van der Waals surface area contributed by atoms with Crippen molar-refractivity contribution in [2.75, 3.05) is 24.8 Å². The molecule has 0 amide bonds. The fourth-order valence-corrected chi connectivity index (χ4v) is 2.88. The topological polar surface area (TPSA) is 73.3 Å². The molecule has 25 heavy (non-hydrogen) atoms. The zero-order valence-electron chi connectivity index (χ0n) is 14.4. The van der Waals surface area contributed by atoms with Gasteiger partial charge in [0.2, 0.25) is 5.89 Å². The van der Waals surface area contributed by atoms with E-state index in [2.05, 4.69) is 17.2 Å². The summed E-state index contributed by atoms with van der Waals surface area (Å²) < 4.78 is 11.0. The number of benzene rings is 2. The van der Waals surface area contributed by atoms with Crippen molar-refractivity contribution in [2.45, 2.75) is 25.8 Å². The first-order valence-electron chi connectivity index (χ1n) is 8.32. The number of nitrogens with one attached hydrogen (secondary N) is 1. The zero-order chi connectivity index (χ0) is 17.8. The molecule has 3 rings (SSSR count). The Hall–Kier alpha value is -2.24. The molecule has 0 aliphatic carbocycles. The van der Waals surface area contributed by atoms with E-state index >= 15 is 0 Å². The van der Waals surface area contributed by atoms with Crippen LogP contribution in [-0.2, 0) is 4.74 Å². The van der Waals surface area contributed by atoms with Gasteiger partial charge < -0.3 is 20.2 Å². The van der Waals surface area contributed by atoms with Crippen LogP contribution in [0, 0.1) is 0 Å². The predicted molar refractivity (Wildman–Crippen MR) is 103 cm³/mol. The number of hydrogen-bond acceptors (Lipinski definition) is 5. The Morgan fingerprint density at radius 2 is 2.12 bits per heavy atom. The number of anilines is 2. The summed E-state index contributed by atoms with van der Waals surface area (Å²) in [7, 11) is 1.71. The van der Waals surface area contributed by atoms with Gasteiger partial charge in [0.1, 0.15) is 5.52 Å². The second kappa shape index (κ2) is 7.76. The zero-order valence-corrected chi connectivity index (χ0v) is 15.1. The molecule has 3 N–H and O–H groups in total. The Labute approximate surface area is 152 Å². The van der Waals surface area contributed by atoms with E-state index in [1.807, 2.05) is 24.3 Å². The van der Waals surface area contributed by atoms with Crippen molar-refractivity contribution in [3.05, 3.63) is 41.4 Å². The molecule has 0 spiro atoms. The highest BCUT2D eigenvalue weighted by Crippen LogP contribution is 2.30. The quantitative estimate of drug-likeness (QED) is 0.583. The molecule has 0 fully saturated rings. The first kappa shape index (κ1) is 17.6. The van der Waals surface area contributed by atoms with Crippen LogP contribution in [0.1, 0.15) is 19.8 Å². The highest BCUT2D eigenvalue weighted by molar-refractivity contribution is 6.31. The molecule has 6 heteroatoms. The Morgan fingerprint density at radius 3 is 2.84 bits per heavy atom. The Balaban J connectivity index is 1.82. The second-order valence-corrected chi connectivity index (χ2v) is 6.40. The molecule has 3 aromatic rings. The van der Waals surface area contributed by atoms with Crippen LogP contribution in [0.25, 0.3) is 22.6 Å². The van der Waals surface area contributed by atoms with Crippen LogP contribution in [0.2, 0.25) is 5.02 Å². The van der Waals surface area contributed by atoms with Crippen molar-refractivity contribution in [2.24, 2.45) is 0 Å². The van der Waals surface area contributed by atoms with E-state index < -0.39 is 0 Å². The van der Waals surface area contributed by atoms with Crippen LogP contribution < -0.4 is 11.1 Å². The Kier molecular flexibility index (Phi) is 5.46. The van der Waals surface area contributed by atoms with Gasteiger partial charge in [-0.1, -0.05) is 18.5 Å². The molecular formula is C19H22ClN3O2. The summed E-state index contributed by atoms with van der Waals surface area (Å²) >= 11 is 6.00. The lowest BCUT2D eigenvalue weighted by atomic mass is 10.1. The fraction of sp³-hybridized carbons (Fsp3) is 0.316. The van der Waals surface area contributed by atoms with Gasteiger partial charge >= 0.3 is 0 Å². The van der Waals surface area contributed by atoms with Gasteiger partial charge in [0.05, 0.1) is 11.4 Å². The summed E-state index contributed by atoms with van der Waals surface area (Å²) in [6, 6.07) is 11.5. The minimum Gasteiger partial charge on any atom is -0.436 e. The molecule has 1 atom stereocenters. The maximum absolute atomic E-state index is 6.22. The van der Waals surface area contributed by atoms with Crippen LogP contribution in [-0.4, -0.2) is 24.7 Å². The van der Waals surface area contributed by atoms with Gasteiger partial charge in [0.25, 0.3) is 0 Å². The molecule has 1 heterocycles. The van der Waals surface area contributed by atoms with E-state index in [0.717, 1.165) is 36.2 Å². The van der Waals surface area contributed by atoms with Crippen molar-refractivity contribution in [1.82, 2.24) is 4.98 Å². The molecule has 1 unspecified atom stereocenters. The molecule has 0 aliphatic rings. The number of hydrogen-bond donors (Lipinski definition) is 2. The first-order chi connectivity index (χ1) is 12.1. The summed E-state index contributed by atoms with van der Waals surface area (Å²) in [6.45, 7) is 2.86. The van der Waals surface area contributed by atoms with Crippen molar-refractivity contribution < 1.29 is 9.15 Å². The number of nitrogens with zero attached hydrogens (tertiary/aromatic N) is 1. The van der Waals surface area contributed by atoms with E-state index in [4.69, 9.17) is 26.5 Å². The van der Waals surface area contributed by atoms with Crippen molar-refractivity contribution in [3.8, 4) is 11.5 Å². The van der Waals surface area contributed by atoms with Gasteiger partial charge in [-0.3, -0.25) is 0 Å². The molecule has 0 aliphatic heterocycles. The van der Waals surface area contributed by atoms with E-state index in [0.29, 0.717) is 28.2 Å². The monoisotopic (exact) mass is 359 g/mol. The third kappa shape index (κ3) is 4.06. The third-order valence-electron chi connectivity index (χ3n) is 4.17. The number of fused-ring (bicyclic) bond motifs is 1. The SMILES string of the molecule is CCC(CCOC)Nc1ccc(-c2nc3cc(Cl)ccc3o2)cc1N. The van der Waals surface area contributed by atoms with Crippen molar-refractivity contribution in [3.63, 3.8) is 0 Å². The Bertz CT molecular complexity index is 863. The van der Waals surface area contributed by atoms with E-state index in [9.17, 15) is 0 Å². The summed E-state index contributed by atoms with van der Waals surface area (Å²) in [5, 5.41) is 4.10. The lowest BCUT2D eigenvalue weighted by Crippen LogP contribution is -2.21. The maximum Gasteiger partial charge on any atom is 0.227 e. The van der Waals surface area contributed by atoms with Crippen molar-refractivity contribution in [1.29, 1.82) is 0 Å². The van der Waals surface area contributed by atoms with E-state index in [1.54, 1.807) is 19.2 Å². The second-order valence-electron chi connectivity index (χ2n) is 5.96. The average molecular weight is 360 g/mol. The van der Waals surface area contributed by atoms with Gasteiger partial charge in [-0.05, 0) is 49.2 Å². The lowest BCUT2D eigenvalue weighted by molar-refractivity contribution is 0.189. The predicted octanol–water partition coefficient (Wildman–Crippen LogP) is 4.96. The summed E-state index contributed by atoms with van der Waals surface area (Å²) in [6.07, 6.45) is 1.93. The largest absolute Gasteiger partial charge is 0.436 e. The fourth-order valence-electron chi connectivity index (χ4n) is 2.71. The lowest BCUT2D eigenvalue weighted by Gasteiger charge is -2.19. The van der Waals surface area contributed by atoms with E-state index in [-0.39, 0.29) is 0 Å². The molecule has 0 saturated carbocycles. The number of nitrogens with two attached hydrogens (primary N) is 1. The van der Waals surface area contributed by atoms with Crippen LogP contribution in [0.4, 0.5) is 11.4 Å². The van der Waals surface area contributed by atoms with Gasteiger partial charge in [0, 0.05) is 30.3 Å². The standard InChI is InChI=1S/C19H22ClN3O2/c1-3-14(8-9-24-2)22-16-6-4-12(10-15(16)21)19-23-17-11-13(20)5-7-18(17)25-19/h4-7,10-11,14,22H,3,8-9,21H2,1-2H3. The van der Waals surface area contributed by atoms with Crippen LogP contribution >= 0.6 is 11.6 Å². The van der Waals surface area contributed by atoms with Gasteiger partial charge in [-0.2, -0.15) is 0 Å². The van der Waals surface area contributed by atoms with E-state index in [1.165, 1.54) is 0 Å². The number of nitrogen functional groups attached to an aromatic ring is 1. The molecule has 0 bridgehead atoms. The molecule has 132 valence electrons. The van der Waals surface area contributed by atoms with Gasteiger partial charge in [-0.15, -0.1) is 0 Å². The highest BCUT2D eigenvalue weighted by atomic mass is 35.5. The smallest absolute Gasteiger partial charge is 0.227 e.